The van der Waals surface area contributed by atoms with Crippen LogP contribution in [-0.4, -0.2) is 50.2 Å². The molecule has 1 N–H and O–H groups in total. The minimum Gasteiger partial charge on any atom is -0.301 e. The van der Waals surface area contributed by atoms with Gasteiger partial charge in [-0.15, -0.1) is 0 Å². The summed E-state index contributed by atoms with van der Waals surface area (Å²) >= 11 is 2.02. The van der Waals surface area contributed by atoms with Gasteiger partial charge in [0.15, 0.2) is 0 Å². The Balaban J connectivity index is 1.85. The van der Waals surface area contributed by atoms with Crippen LogP contribution in [0, 0.1) is 0 Å². The van der Waals surface area contributed by atoms with Gasteiger partial charge in [-0.2, -0.15) is 11.8 Å². The van der Waals surface area contributed by atoms with Gasteiger partial charge in [-0.05, 0) is 31.0 Å². The van der Waals surface area contributed by atoms with Crippen LogP contribution in [0.3, 0.4) is 0 Å². The van der Waals surface area contributed by atoms with E-state index < -0.39 is 10.0 Å². The highest BCUT2D eigenvalue weighted by molar-refractivity contribution is 7.99. The summed E-state index contributed by atoms with van der Waals surface area (Å²) in [6.45, 7) is 5.08. The molecule has 0 amide bonds. The smallest absolute Gasteiger partial charge is 0.232 e. The molecule has 1 saturated heterocycles. The van der Waals surface area contributed by atoms with Gasteiger partial charge in [0.2, 0.25) is 10.0 Å². The largest absolute Gasteiger partial charge is 0.301 e. The van der Waals surface area contributed by atoms with Crippen molar-refractivity contribution in [3.05, 3.63) is 29.8 Å². The Morgan fingerprint density at radius 3 is 2.45 bits per heavy atom. The van der Waals surface area contributed by atoms with Gasteiger partial charge >= 0.3 is 0 Å². The molecule has 1 aromatic rings. The van der Waals surface area contributed by atoms with Gasteiger partial charge in [0.05, 0.1) is 5.75 Å². The van der Waals surface area contributed by atoms with Gasteiger partial charge in [0.1, 0.15) is 0 Å². The van der Waals surface area contributed by atoms with Crippen LogP contribution < -0.4 is 4.72 Å². The maximum atomic E-state index is 11.5. The molecule has 1 aliphatic rings. The molecule has 0 aromatic heterocycles. The zero-order valence-corrected chi connectivity index (χ0v) is 13.5. The molecule has 1 aliphatic heterocycles. The Morgan fingerprint density at radius 2 is 1.85 bits per heavy atom. The molecule has 0 radical (unpaired) electrons. The van der Waals surface area contributed by atoms with E-state index in [0.29, 0.717) is 5.69 Å². The van der Waals surface area contributed by atoms with E-state index in [0.717, 1.165) is 13.0 Å². The van der Waals surface area contributed by atoms with Crippen LogP contribution in [0.4, 0.5) is 5.69 Å². The van der Waals surface area contributed by atoms with E-state index in [2.05, 4.69) is 9.62 Å². The van der Waals surface area contributed by atoms with Gasteiger partial charge in [-0.3, -0.25) is 4.72 Å². The van der Waals surface area contributed by atoms with E-state index >= 15 is 0 Å². The van der Waals surface area contributed by atoms with E-state index in [1.165, 1.54) is 30.2 Å². The zero-order valence-electron chi connectivity index (χ0n) is 11.8. The van der Waals surface area contributed by atoms with Crippen molar-refractivity contribution in [3.8, 4) is 0 Å². The first kappa shape index (κ1) is 15.7. The van der Waals surface area contributed by atoms with Crippen molar-refractivity contribution >= 4 is 27.5 Å². The molecule has 0 saturated carbocycles. The molecule has 6 heteroatoms. The zero-order chi connectivity index (χ0) is 14.4. The highest BCUT2D eigenvalue weighted by Gasteiger charge is 2.10. The molecule has 20 heavy (non-hydrogen) atoms. The SMILES string of the molecule is CCS(=O)(=O)Nc1ccc(CCN2CCSCC2)cc1. The Labute approximate surface area is 126 Å². The first-order chi connectivity index (χ1) is 9.59. The Kier molecular flexibility index (Phi) is 5.74. The predicted molar refractivity (Wildman–Crippen MR) is 87.0 cm³/mol. The summed E-state index contributed by atoms with van der Waals surface area (Å²) in [4.78, 5) is 2.49. The van der Waals surface area contributed by atoms with Crippen molar-refractivity contribution < 1.29 is 8.42 Å². The lowest BCUT2D eigenvalue weighted by Crippen LogP contribution is -2.34. The van der Waals surface area contributed by atoms with Crippen molar-refractivity contribution in [1.82, 2.24) is 4.90 Å². The van der Waals surface area contributed by atoms with Gasteiger partial charge in [0, 0.05) is 36.8 Å². The Bertz CT molecular complexity index is 508. The van der Waals surface area contributed by atoms with E-state index in [-0.39, 0.29) is 5.75 Å². The number of anilines is 1. The van der Waals surface area contributed by atoms with Crippen LogP contribution >= 0.6 is 11.8 Å². The maximum absolute atomic E-state index is 11.5. The highest BCUT2D eigenvalue weighted by Crippen LogP contribution is 2.14. The average molecular weight is 314 g/mol. The van der Waals surface area contributed by atoms with Crippen LogP contribution in [0.25, 0.3) is 0 Å². The fraction of sp³-hybridized carbons (Fsp3) is 0.571. The molecule has 0 atom stereocenters. The van der Waals surface area contributed by atoms with Crippen LogP contribution in [0.5, 0.6) is 0 Å². The number of hydrogen-bond acceptors (Lipinski definition) is 4. The lowest BCUT2D eigenvalue weighted by Gasteiger charge is -2.26. The fourth-order valence-electron chi connectivity index (χ4n) is 2.10. The number of rotatable bonds is 6. The van der Waals surface area contributed by atoms with E-state index in [1.807, 2.05) is 36.0 Å². The molecule has 4 nitrogen and oxygen atoms in total. The molecule has 1 fully saturated rings. The fourth-order valence-corrected chi connectivity index (χ4v) is 3.72. The molecule has 0 bridgehead atoms. The molecule has 1 aromatic carbocycles. The van der Waals surface area contributed by atoms with Crippen molar-refractivity contribution in [2.75, 3.05) is 41.6 Å². The van der Waals surface area contributed by atoms with E-state index in [1.54, 1.807) is 6.92 Å². The third-order valence-corrected chi connectivity index (χ3v) is 5.68. The minimum absolute atomic E-state index is 0.0989. The topological polar surface area (TPSA) is 49.4 Å². The number of sulfonamides is 1. The van der Waals surface area contributed by atoms with Crippen LogP contribution in [0.15, 0.2) is 24.3 Å². The standard InChI is InChI=1S/C14H22N2O2S2/c1-2-20(17,18)15-14-5-3-13(4-6-14)7-8-16-9-11-19-12-10-16/h3-6,15H,2,7-12H2,1H3. The van der Waals surface area contributed by atoms with Gasteiger partial charge in [-0.25, -0.2) is 8.42 Å². The van der Waals surface area contributed by atoms with Crippen LogP contribution in [0.2, 0.25) is 0 Å². The Hall–Kier alpha value is -0.720. The number of hydrogen-bond donors (Lipinski definition) is 1. The molecule has 0 spiro atoms. The van der Waals surface area contributed by atoms with Crippen molar-refractivity contribution in [2.24, 2.45) is 0 Å². The normalized spacial score (nSPS) is 17.1. The summed E-state index contributed by atoms with van der Waals surface area (Å²) in [6.07, 6.45) is 1.02. The number of thioether (sulfide) groups is 1. The second-order valence-electron chi connectivity index (χ2n) is 4.91. The molecule has 0 aliphatic carbocycles. The molecular weight excluding hydrogens is 292 g/mol. The summed E-state index contributed by atoms with van der Waals surface area (Å²) < 4.78 is 25.5. The molecule has 112 valence electrons. The maximum Gasteiger partial charge on any atom is 0.232 e. The first-order valence-electron chi connectivity index (χ1n) is 6.98. The highest BCUT2D eigenvalue weighted by atomic mass is 32.2. The van der Waals surface area contributed by atoms with E-state index in [9.17, 15) is 8.42 Å². The van der Waals surface area contributed by atoms with Crippen LogP contribution in [-0.2, 0) is 16.4 Å². The average Bonchev–Trinajstić information content (AvgIpc) is 2.47. The summed E-state index contributed by atoms with van der Waals surface area (Å²) in [7, 11) is -3.18. The molecule has 2 rings (SSSR count). The number of nitrogens with zero attached hydrogens (tertiary/aromatic N) is 1. The van der Waals surface area contributed by atoms with Crippen molar-refractivity contribution in [1.29, 1.82) is 0 Å². The number of nitrogens with one attached hydrogen (secondary N) is 1. The summed E-state index contributed by atoms with van der Waals surface area (Å²) in [6, 6.07) is 7.70. The Morgan fingerprint density at radius 1 is 1.20 bits per heavy atom. The van der Waals surface area contributed by atoms with Crippen molar-refractivity contribution in [3.63, 3.8) is 0 Å². The first-order valence-corrected chi connectivity index (χ1v) is 9.79. The lowest BCUT2D eigenvalue weighted by molar-refractivity contribution is 0.306. The number of benzene rings is 1. The molecular formula is C14H22N2O2S2. The second-order valence-corrected chi connectivity index (χ2v) is 8.14. The van der Waals surface area contributed by atoms with Gasteiger partial charge < -0.3 is 4.90 Å². The lowest BCUT2D eigenvalue weighted by atomic mass is 10.1. The van der Waals surface area contributed by atoms with Gasteiger partial charge in [-0.1, -0.05) is 12.1 Å². The minimum atomic E-state index is -3.18. The third kappa shape index (κ3) is 5.00. The predicted octanol–water partition coefficient (Wildman–Crippen LogP) is 2.04. The van der Waals surface area contributed by atoms with Crippen molar-refractivity contribution in [2.45, 2.75) is 13.3 Å². The quantitative estimate of drug-likeness (QED) is 0.873. The van der Waals surface area contributed by atoms with Gasteiger partial charge in [0.25, 0.3) is 0 Å². The second kappa shape index (κ2) is 7.33. The summed E-state index contributed by atoms with van der Waals surface area (Å²) in [5.74, 6) is 2.57. The molecule has 0 unspecified atom stereocenters. The van der Waals surface area contributed by atoms with Crippen LogP contribution in [0.1, 0.15) is 12.5 Å². The monoisotopic (exact) mass is 314 g/mol. The van der Waals surface area contributed by atoms with E-state index in [4.69, 9.17) is 0 Å². The summed E-state index contributed by atoms with van der Waals surface area (Å²) in [5.41, 5.74) is 1.90. The third-order valence-electron chi connectivity index (χ3n) is 3.43. The summed E-state index contributed by atoms with van der Waals surface area (Å²) in [5, 5.41) is 0. The molecule has 1 heterocycles.